The fraction of sp³-hybridized carbons (Fsp3) is 0.875. The average molecular weight is 319 g/mol. The largest absolute Gasteiger partial charge is 0.311 e. The molecule has 2 unspecified atom stereocenters. The number of hydrogen-bond donors (Lipinski definition) is 2. The normalized spacial score (nSPS) is 13.0. The molecule has 0 rings (SSSR count). The van der Waals surface area contributed by atoms with Crippen molar-refractivity contribution in [1.29, 1.82) is 0 Å². The van der Waals surface area contributed by atoms with Crippen LogP contribution in [0.1, 0.15) is 53.4 Å². The smallest absolute Gasteiger partial charge is 0.149 e. The first-order chi connectivity index (χ1) is 10.1. The Labute approximate surface area is 135 Å². The first kappa shape index (κ1) is 22.9. The van der Waals surface area contributed by atoms with E-state index in [1.54, 1.807) is 6.92 Å². The van der Waals surface area contributed by atoms with Crippen LogP contribution >= 0.6 is 11.8 Å². The first-order valence-corrected chi connectivity index (χ1v) is 9.17. The van der Waals surface area contributed by atoms with Crippen LogP contribution in [0.15, 0.2) is 0 Å². The minimum atomic E-state index is -0.00711. The standard InChI is InChI=1S/C14H28N2O2S.C2H6/c1-5-14(18)13(16-4)8-10-19-9-6-7-12(15-3)11(2)17;1-2/h12-13,15-16H,5-10H2,1-4H3;1-2H3. The van der Waals surface area contributed by atoms with E-state index in [4.69, 9.17) is 0 Å². The molecule has 0 aliphatic rings. The van der Waals surface area contributed by atoms with Crippen molar-refractivity contribution in [2.24, 2.45) is 0 Å². The van der Waals surface area contributed by atoms with Crippen molar-refractivity contribution < 1.29 is 9.59 Å². The highest BCUT2D eigenvalue weighted by atomic mass is 32.2. The highest BCUT2D eigenvalue weighted by Gasteiger charge is 2.14. The number of Topliss-reactive ketones (excluding diaryl/α,β-unsaturated/α-hetero) is 2. The third kappa shape index (κ3) is 11.9. The van der Waals surface area contributed by atoms with Gasteiger partial charge in [0.15, 0.2) is 0 Å². The second-order valence-electron chi connectivity index (χ2n) is 4.66. The van der Waals surface area contributed by atoms with Crippen molar-refractivity contribution in [1.82, 2.24) is 10.6 Å². The Hall–Kier alpha value is -0.390. The van der Waals surface area contributed by atoms with E-state index < -0.39 is 0 Å². The molecule has 0 aromatic heterocycles. The zero-order valence-corrected chi connectivity index (χ0v) is 15.4. The molecule has 4 nitrogen and oxygen atoms in total. The molecule has 0 saturated heterocycles. The highest BCUT2D eigenvalue weighted by molar-refractivity contribution is 7.99. The quantitative estimate of drug-likeness (QED) is 0.542. The monoisotopic (exact) mass is 318 g/mol. The maximum Gasteiger partial charge on any atom is 0.149 e. The topological polar surface area (TPSA) is 58.2 Å². The molecule has 5 heteroatoms. The van der Waals surface area contributed by atoms with E-state index in [-0.39, 0.29) is 23.7 Å². The van der Waals surface area contributed by atoms with Gasteiger partial charge in [-0.2, -0.15) is 11.8 Å². The van der Waals surface area contributed by atoms with Gasteiger partial charge in [-0.05, 0) is 51.8 Å². The van der Waals surface area contributed by atoms with Crippen LogP contribution in [-0.4, -0.2) is 49.3 Å². The highest BCUT2D eigenvalue weighted by Crippen LogP contribution is 2.10. The third-order valence-corrected chi connectivity index (χ3v) is 4.36. The van der Waals surface area contributed by atoms with Gasteiger partial charge in [0.2, 0.25) is 0 Å². The summed E-state index contributed by atoms with van der Waals surface area (Å²) in [5, 5.41) is 6.10. The van der Waals surface area contributed by atoms with Crippen LogP contribution in [0.4, 0.5) is 0 Å². The average Bonchev–Trinajstić information content (AvgIpc) is 2.51. The molecule has 0 saturated carbocycles. The number of carbonyl (C=O) groups is 2. The molecule has 0 spiro atoms. The lowest BCUT2D eigenvalue weighted by molar-refractivity contribution is -0.121. The maximum atomic E-state index is 11.5. The van der Waals surface area contributed by atoms with Gasteiger partial charge in [-0.1, -0.05) is 20.8 Å². The van der Waals surface area contributed by atoms with Gasteiger partial charge in [0.1, 0.15) is 11.6 Å². The first-order valence-electron chi connectivity index (χ1n) is 8.02. The summed E-state index contributed by atoms with van der Waals surface area (Å²) < 4.78 is 0. The summed E-state index contributed by atoms with van der Waals surface area (Å²) >= 11 is 1.86. The lowest BCUT2D eigenvalue weighted by Gasteiger charge is -2.14. The SMILES string of the molecule is CC.CCC(=O)C(CCSCCCC(NC)C(C)=O)NC. The molecule has 2 N–H and O–H groups in total. The molecule has 126 valence electrons. The van der Waals surface area contributed by atoms with Gasteiger partial charge < -0.3 is 10.6 Å². The van der Waals surface area contributed by atoms with Crippen molar-refractivity contribution in [3.8, 4) is 0 Å². The number of likely N-dealkylation sites (N-methyl/N-ethyl adjacent to an activating group) is 2. The van der Waals surface area contributed by atoms with Gasteiger partial charge in [-0.25, -0.2) is 0 Å². The summed E-state index contributed by atoms with van der Waals surface area (Å²) in [6, 6.07) is -0.00731. The number of nitrogens with one attached hydrogen (secondary N) is 2. The summed E-state index contributed by atoms with van der Waals surface area (Å²) in [5.41, 5.74) is 0. The zero-order valence-electron chi connectivity index (χ0n) is 14.6. The predicted octanol–water partition coefficient (Wildman–Crippen LogP) is 2.66. The molecule has 0 aromatic rings. The van der Waals surface area contributed by atoms with Gasteiger partial charge in [0.25, 0.3) is 0 Å². The van der Waals surface area contributed by atoms with E-state index in [1.807, 2.05) is 46.6 Å². The number of rotatable bonds is 12. The van der Waals surface area contributed by atoms with Gasteiger partial charge in [-0.3, -0.25) is 9.59 Å². The molecule has 0 amide bonds. The Morgan fingerprint density at radius 2 is 1.57 bits per heavy atom. The lowest BCUT2D eigenvalue weighted by Crippen LogP contribution is -2.34. The molecule has 0 radical (unpaired) electrons. The summed E-state index contributed by atoms with van der Waals surface area (Å²) in [7, 11) is 3.67. The minimum absolute atomic E-state index is 0.000207. The van der Waals surface area contributed by atoms with Crippen LogP contribution in [0.2, 0.25) is 0 Å². The minimum Gasteiger partial charge on any atom is -0.311 e. The van der Waals surface area contributed by atoms with Crippen LogP contribution in [0.25, 0.3) is 0 Å². The molecule has 0 bridgehead atoms. The van der Waals surface area contributed by atoms with Gasteiger partial charge in [0.05, 0.1) is 12.1 Å². The van der Waals surface area contributed by atoms with Crippen LogP contribution < -0.4 is 10.6 Å². The molecule has 21 heavy (non-hydrogen) atoms. The van der Waals surface area contributed by atoms with Crippen molar-refractivity contribution in [3.05, 3.63) is 0 Å². The summed E-state index contributed by atoms with van der Waals surface area (Å²) in [5.74, 6) is 2.52. The van der Waals surface area contributed by atoms with Gasteiger partial charge >= 0.3 is 0 Å². The van der Waals surface area contributed by atoms with Gasteiger partial charge in [-0.15, -0.1) is 0 Å². The number of ketones is 2. The Bertz CT molecular complexity index is 273. The lowest BCUT2D eigenvalue weighted by atomic mass is 10.1. The third-order valence-electron chi connectivity index (χ3n) is 3.26. The van der Waals surface area contributed by atoms with Crippen molar-refractivity contribution in [2.75, 3.05) is 25.6 Å². The van der Waals surface area contributed by atoms with Crippen molar-refractivity contribution >= 4 is 23.3 Å². The Morgan fingerprint density at radius 1 is 1.00 bits per heavy atom. The number of thioether (sulfide) groups is 1. The van der Waals surface area contributed by atoms with E-state index >= 15 is 0 Å². The number of hydrogen-bond acceptors (Lipinski definition) is 5. The predicted molar refractivity (Wildman–Crippen MR) is 94.2 cm³/mol. The molecule has 0 aliphatic carbocycles. The van der Waals surface area contributed by atoms with Crippen LogP contribution in [0.3, 0.4) is 0 Å². The fourth-order valence-corrected chi connectivity index (χ4v) is 2.93. The van der Waals surface area contributed by atoms with E-state index in [0.717, 1.165) is 30.8 Å². The molecule has 0 fully saturated rings. The van der Waals surface area contributed by atoms with E-state index in [2.05, 4.69) is 10.6 Å². The zero-order chi connectivity index (χ0) is 16.7. The van der Waals surface area contributed by atoms with Crippen molar-refractivity contribution in [3.63, 3.8) is 0 Å². The van der Waals surface area contributed by atoms with E-state index in [0.29, 0.717) is 6.42 Å². The Kier molecular flexibility index (Phi) is 17.4. The molecule has 0 aliphatic heterocycles. The van der Waals surface area contributed by atoms with Crippen LogP contribution in [0.5, 0.6) is 0 Å². The Balaban J connectivity index is 0. The summed E-state index contributed by atoms with van der Waals surface area (Å²) in [4.78, 5) is 22.8. The van der Waals surface area contributed by atoms with Gasteiger partial charge in [0, 0.05) is 6.42 Å². The van der Waals surface area contributed by atoms with Crippen LogP contribution in [-0.2, 0) is 9.59 Å². The Morgan fingerprint density at radius 3 is 2.00 bits per heavy atom. The molecular formula is C16H34N2O2S. The maximum absolute atomic E-state index is 11.5. The van der Waals surface area contributed by atoms with Crippen LogP contribution in [0, 0.1) is 0 Å². The fourth-order valence-electron chi connectivity index (χ4n) is 1.96. The molecule has 0 aromatic carbocycles. The molecule has 0 heterocycles. The molecular weight excluding hydrogens is 284 g/mol. The molecule has 2 atom stereocenters. The van der Waals surface area contributed by atoms with Crippen molar-refractivity contribution in [2.45, 2.75) is 65.5 Å². The summed E-state index contributed by atoms with van der Waals surface area (Å²) in [6.45, 7) is 7.53. The van der Waals surface area contributed by atoms with E-state index in [9.17, 15) is 9.59 Å². The number of carbonyl (C=O) groups excluding carboxylic acids is 2. The second kappa shape index (κ2) is 16.0. The van der Waals surface area contributed by atoms with E-state index in [1.165, 1.54) is 0 Å². The summed E-state index contributed by atoms with van der Waals surface area (Å²) in [6.07, 6.45) is 3.40. The second-order valence-corrected chi connectivity index (χ2v) is 5.88.